The van der Waals surface area contributed by atoms with Crippen LogP contribution in [-0.2, 0) is 14.8 Å². The van der Waals surface area contributed by atoms with Crippen LogP contribution < -0.4 is 9.62 Å². The summed E-state index contributed by atoms with van der Waals surface area (Å²) in [6.45, 7) is 3.88. The second-order valence-corrected chi connectivity index (χ2v) is 12.6. The lowest BCUT2D eigenvalue weighted by molar-refractivity contribution is -0.140. The molecular weight excluding hydrogens is 506 g/mol. The monoisotopic (exact) mass is 531 g/mol. The van der Waals surface area contributed by atoms with E-state index < -0.39 is 27.4 Å². The number of piperazine rings is 1. The molecule has 0 bridgehead atoms. The smallest absolute Gasteiger partial charge is 0.325 e. The van der Waals surface area contributed by atoms with Crippen molar-refractivity contribution in [2.75, 3.05) is 38.1 Å². The fourth-order valence-corrected chi connectivity index (χ4v) is 7.41. The number of carboxylic acid groups (broad SMARTS) is 1. The van der Waals surface area contributed by atoms with Crippen LogP contribution in [0.4, 0.5) is 5.69 Å². The topological polar surface area (TPSA) is 90.0 Å². The van der Waals surface area contributed by atoms with E-state index in [-0.39, 0.29) is 10.6 Å². The highest BCUT2D eigenvalue weighted by molar-refractivity contribution is 7.91. The first-order chi connectivity index (χ1) is 16.7. The van der Waals surface area contributed by atoms with Crippen LogP contribution in [0.5, 0.6) is 0 Å². The van der Waals surface area contributed by atoms with E-state index in [0.717, 1.165) is 59.2 Å². The molecule has 3 aromatic rings. The highest BCUT2D eigenvalue weighted by atomic mass is 35.5. The van der Waals surface area contributed by atoms with Crippen molar-refractivity contribution >= 4 is 44.6 Å². The minimum absolute atomic E-state index is 0.0825. The number of nitrogens with zero attached hydrogens (tertiary/aromatic N) is 2. The van der Waals surface area contributed by atoms with E-state index in [0.29, 0.717) is 5.02 Å². The summed E-state index contributed by atoms with van der Waals surface area (Å²) in [5, 5.41) is 10.6. The number of hydrogen-bond donors (Lipinski definition) is 2. The molecule has 1 aliphatic heterocycles. The molecule has 10 heteroatoms. The normalized spacial score (nSPS) is 22.8. The summed E-state index contributed by atoms with van der Waals surface area (Å²) in [7, 11) is -1.91. The molecule has 2 atom stereocenters. The Bertz CT molecular complexity index is 1330. The van der Waals surface area contributed by atoms with Crippen LogP contribution >= 0.6 is 22.9 Å². The number of aliphatic carboxylic acids is 1. The van der Waals surface area contributed by atoms with Crippen LogP contribution in [0.2, 0.25) is 5.02 Å². The molecule has 2 N–H and O–H groups in total. The molecule has 1 saturated carbocycles. The lowest BCUT2D eigenvalue weighted by atomic mass is 10.1. The predicted molar refractivity (Wildman–Crippen MR) is 139 cm³/mol. The summed E-state index contributed by atoms with van der Waals surface area (Å²) in [4.78, 5) is 17.6. The van der Waals surface area contributed by atoms with Crippen molar-refractivity contribution in [2.24, 2.45) is 0 Å². The van der Waals surface area contributed by atoms with Gasteiger partial charge in [-0.05, 0) is 61.0 Å². The number of rotatable bonds is 7. The first-order valence-corrected chi connectivity index (χ1v) is 14.0. The minimum atomic E-state index is -4.02. The van der Waals surface area contributed by atoms with Gasteiger partial charge in [0.15, 0.2) is 0 Å². The van der Waals surface area contributed by atoms with Gasteiger partial charge in [0, 0.05) is 47.7 Å². The number of likely N-dealkylation sites (N-methyl/N-ethyl adjacent to an activating group) is 1. The molecule has 0 amide bonds. The average Bonchev–Trinajstić information content (AvgIpc) is 3.33. The lowest BCUT2D eigenvalue weighted by Gasteiger charge is -2.34. The van der Waals surface area contributed by atoms with Crippen molar-refractivity contribution in [3.05, 3.63) is 71.2 Å². The van der Waals surface area contributed by atoms with Gasteiger partial charge in [-0.25, -0.2) is 8.42 Å². The molecule has 0 spiro atoms. The number of sulfonamides is 1. The first kappa shape index (κ1) is 24.3. The van der Waals surface area contributed by atoms with Gasteiger partial charge in [-0.3, -0.25) is 4.79 Å². The van der Waals surface area contributed by atoms with Gasteiger partial charge in [-0.15, -0.1) is 11.3 Å². The maximum absolute atomic E-state index is 13.2. The molecule has 1 unspecified atom stereocenters. The van der Waals surface area contributed by atoms with E-state index in [4.69, 9.17) is 11.6 Å². The molecule has 2 heterocycles. The molecule has 1 aromatic heterocycles. The summed E-state index contributed by atoms with van der Waals surface area (Å²) >= 11 is 7.04. The predicted octanol–water partition coefficient (Wildman–Crippen LogP) is 4.11. The van der Waals surface area contributed by atoms with Crippen molar-refractivity contribution in [1.82, 2.24) is 9.62 Å². The SMILES string of the molecule is CN1CCN(c2ccc([C@H]3CC3(NS(=O)(=O)c3ccc(-c4ccc(Cl)cc4)s3)C(=O)O)cc2)CC1. The van der Waals surface area contributed by atoms with Gasteiger partial charge < -0.3 is 14.9 Å². The van der Waals surface area contributed by atoms with E-state index >= 15 is 0 Å². The lowest BCUT2D eigenvalue weighted by Crippen LogP contribution is -2.44. The summed E-state index contributed by atoms with van der Waals surface area (Å²) in [6, 6.07) is 18.2. The first-order valence-electron chi connectivity index (χ1n) is 11.3. The Morgan fingerprint density at radius 1 is 1.03 bits per heavy atom. The van der Waals surface area contributed by atoms with Crippen LogP contribution in [0.3, 0.4) is 0 Å². The Balaban J connectivity index is 1.32. The Hall–Kier alpha value is -2.43. The van der Waals surface area contributed by atoms with Crippen molar-refractivity contribution in [2.45, 2.75) is 22.1 Å². The van der Waals surface area contributed by atoms with Gasteiger partial charge in [0.25, 0.3) is 10.0 Å². The van der Waals surface area contributed by atoms with E-state index in [1.54, 1.807) is 18.2 Å². The van der Waals surface area contributed by atoms with Gasteiger partial charge in [-0.1, -0.05) is 35.9 Å². The van der Waals surface area contributed by atoms with Crippen LogP contribution in [-0.4, -0.2) is 63.2 Å². The quantitative estimate of drug-likeness (QED) is 0.477. The second kappa shape index (κ2) is 9.22. The molecule has 184 valence electrons. The van der Waals surface area contributed by atoms with Gasteiger partial charge >= 0.3 is 5.97 Å². The summed E-state index contributed by atoms with van der Waals surface area (Å²) < 4.78 is 28.9. The standard InChI is InChI=1S/C25H26ClN3O4S2/c1-28-12-14-29(15-13-28)20-8-4-17(5-9-20)21-16-25(21,24(30)31)27-35(32,33)23-11-10-22(34-23)18-2-6-19(26)7-3-18/h2-11,21,27H,12-16H2,1H3,(H,30,31)/t21-,25?/m1/s1. The van der Waals surface area contributed by atoms with Gasteiger partial charge in [0.2, 0.25) is 0 Å². The van der Waals surface area contributed by atoms with E-state index in [1.165, 1.54) is 6.07 Å². The van der Waals surface area contributed by atoms with E-state index in [1.807, 2.05) is 36.4 Å². The Morgan fingerprint density at radius 3 is 2.31 bits per heavy atom. The van der Waals surface area contributed by atoms with Gasteiger partial charge in [0.1, 0.15) is 9.75 Å². The summed E-state index contributed by atoms with van der Waals surface area (Å²) in [6.07, 6.45) is 0.213. The summed E-state index contributed by atoms with van der Waals surface area (Å²) in [5.41, 5.74) is 1.22. The number of anilines is 1. The molecule has 5 rings (SSSR count). The van der Waals surface area contributed by atoms with Crippen molar-refractivity contribution in [3.8, 4) is 10.4 Å². The maximum Gasteiger partial charge on any atom is 0.325 e. The van der Waals surface area contributed by atoms with E-state index in [9.17, 15) is 18.3 Å². The zero-order valence-electron chi connectivity index (χ0n) is 19.1. The molecule has 2 fully saturated rings. The Kier molecular flexibility index (Phi) is 6.39. The number of carbonyl (C=O) groups is 1. The fourth-order valence-electron chi connectivity index (χ4n) is 4.56. The van der Waals surface area contributed by atoms with Crippen LogP contribution in [0.15, 0.2) is 64.9 Å². The van der Waals surface area contributed by atoms with Crippen molar-refractivity contribution < 1.29 is 18.3 Å². The number of hydrogen-bond acceptors (Lipinski definition) is 6. The Labute approximate surface area is 214 Å². The molecule has 0 radical (unpaired) electrons. The van der Waals surface area contributed by atoms with Crippen LogP contribution in [0.25, 0.3) is 10.4 Å². The summed E-state index contributed by atoms with van der Waals surface area (Å²) in [5.74, 6) is -1.59. The second-order valence-electron chi connectivity index (χ2n) is 9.15. The van der Waals surface area contributed by atoms with E-state index in [2.05, 4.69) is 21.6 Å². The minimum Gasteiger partial charge on any atom is -0.480 e. The number of thiophene rings is 1. The van der Waals surface area contributed by atoms with Crippen molar-refractivity contribution in [3.63, 3.8) is 0 Å². The molecule has 1 aliphatic carbocycles. The third kappa shape index (κ3) is 4.83. The number of benzene rings is 2. The largest absolute Gasteiger partial charge is 0.480 e. The number of halogens is 1. The molecule has 35 heavy (non-hydrogen) atoms. The number of carboxylic acids is 1. The Morgan fingerprint density at radius 2 is 1.69 bits per heavy atom. The number of nitrogens with one attached hydrogen (secondary N) is 1. The highest BCUT2D eigenvalue weighted by Gasteiger charge is 2.63. The molecule has 7 nitrogen and oxygen atoms in total. The fraction of sp³-hybridized carbons (Fsp3) is 0.320. The zero-order chi connectivity index (χ0) is 24.8. The third-order valence-corrected chi connectivity index (χ3v) is 10.2. The van der Waals surface area contributed by atoms with Crippen LogP contribution in [0.1, 0.15) is 17.9 Å². The molecule has 1 saturated heterocycles. The third-order valence-electron chi connectivity index (χ3n) is 6.80. The highest BCUT2D eigenvalue weighted by Crippen LogP contribution is 2.53. The molecule has 2 aromatic carbocycles. The van der Waals surface area contributed by atoms with Gasteiger partial charge in [-0.2, -0.15) is 4.72 Å². The molecule has 2 aliphatic rings. The van der Waals surface area contributed by atoms with Crippen molar-refractivity contribution in [1.29, 1.82) is 0 Å². The molecular formula is C25H26ClN3O4S2. The van der Waals surface area contributed by atoms with Gasteiger partial charge in [0.05, 0.1) is 0 Å². The maximum atomic E-state index is 13.2. The zero-order valence-corrected chi connectivity index (χ0v) is 21.5. The average molecular weight is 532 g/mol. The van der Waals surface area contributed by atoms with Crippen LogP contribution in [0, 0.1) is 0 Å².